The monoisotopic (exact) mass is 428 g/mol. The lowest BCUT2D eigenvalue weighted by molar-refractivity contribution is -0.193. The van der Waals surface area contributed by atoms with Crippen LogP contribution in [-0.2, 0) is 22.6 Å². The molecular formula is C26H40N2O3. The van der Waals surface area contributed by atoms with Crippen molar-refractivity contribution < 1.29 is 14.2 Å². The van der Waals surface area contributed by atoms with E-state index in [4.69, 9.17) is 14.2 Å². The Morgan fingerprint density at radius 2 is 1.87 bits per heavy atom. The third-order valence-electron chi connectivity index (χ3n) is 6.93. The second-order valence-electron chi connectivity index (χ2n) is 9.42. The largest absolute Gasteiger partial charge is 0.497 e. The highest BCUT2D eigenvalue weighted by atomic mass is 16.7. The Labute approximate surface area is 187 Å². The minimum Gasteiger partial charge on any atom is -0.497 e. The number of likely N-dealkylation sites (tertiary alicyclic amines) is 1. The van der Waals surface area contributed by atoms with Crippen molar-refractivity contribution in [3.8, 4) is 5.75 Å². The number of unbranched alkanes of at least 4 members (excludes halogenated alkanes) is 5. The lowest BCUT2D eigenvalue weighted by Gasteiger charge is -2.37. The second-order valence-corrected chi connectivity index (χ2v) is 9.42. The molecule has 0 amide bonds. The van der Waals surface area contributed by atoms with Gasteiger partial charge in [-0.2, -0.15) is 0 Å². The smallest absolute Gasteiger partial charge is 0.171 e. The van der Waals surface area contributed by atoms with Gasteiger partial charge in [0.05, 0.1) is 25.3 Å². The normalized spacial score (nSPS) is 21.3. The van der Waals surface area contributed by atoms with Crippen LogP contribution in [0.4, 0.5) is 0 Å². The Kier molecular flexibility index (Phi) is 7.57. The molecule has 2 aromatic rings. The zero-order valence-corrected chi connectivity index (χ0v) is 19.7. The molecule has 172 valence electrons. The van der Waals surface area contributed by atoms with E-state index >= 15 is 0 Å². The molecule has 4 rings (SSSR count). The Bertz CT molecular complexity index is 839. The number of aryl methyl sites for hydroxylation is 1. The minimum absolute atomic E-state index is 0.224. The molecule has 5 heteroatoms. The average Bonchev–Trinajstić information content (AvgIpc) is 3.32. The molecule has 1 aromatic heterocycles. The number of hydrogen-bond donors (Lipinski definition) is 0. The molecule has 2 aliphatic heterocycles. The average molecular weight is 429 g/mol. The Hall–Kier alpha value is -1.56. The Balaban J connectivity index is 1.41. The van der Waals surface area contributed by atoms with E-state index in [9.17, 15) is 0 Å². The summed E-state index contributed by atoms with van der Waals surface area (Å²) in [7, 11) is 1.75. The number of fused-ring (bicyclic) bond motifs is 1. The number of benzene rings is 1. The molecule has 31 heavy (non-hydrogen) atoms. The Morgan fingerprint density at radius 1 is 1.10 bits per heavy atom. The fraction of sp³-hybridized carbons (Fsp3) is 0.692. The Morgan fingerprint density at radius 3 is 2.58 bits per heavy atom. The second kappa shape index (κ2) is 10.4. The lowest BCUT2D eigenvalue weighted by Crippen LogP contribution is -2.45. The molecule has 2 saturated heterocycles. The van der Waals surface area contributed by atoms with E-state index in [1.54, 1.807) is 7.11 Å². The van der Waals surface area contributed by atoms with E-state index < -0.39 is 0 Å². The van der Waals surface area contributed by atoms with Crippen molar-refractivity contribution in [3.63, 3.8) is 0 Å². The van der Waals surface area contributed by atoms with Gasteiger partial charge in [0.15, 0.2) is 5.79 Å². The van der Waals surface area contributed by atoms with Gasteiger partial charge in [-0.1, -0.05) is 39.0 Å². The summed E-state index contributed by atoms with van der Waals surface area (Å²) in [5.74, 6) is 0.612. The summed E-state index contributed by atoms with van der Waals surface area (Å²) in [6.07, 6.45) is 12.5. The standard InChI is InChI=1S/C26H40N2O3/c1-4-5-6-7-8-9-14-28-19-22(24-11-10-23(29-3)17-25(24)28)18-27-15-12-26(13-16-27)30-20-21(2)31-26/h10-11,17,19,21H,4-9,12-16,18,20H2,1-3H3/t21-/m1/s1. The molecule has 5 nitrogen and oxygen atoms in total. The van der Waals surface area contributed by atoms with Crippen molar-refractivity contribution in [3.05, 3.63) is 30.0 Å². The number of piperidine rings is 1. The van der Waals surface area contributed by atoms with Crippen molar-refractivity contribution >= 4 is 10.9 Å². The number of methoxy groups -OCH3 is 1. The van der Waals surface area contributed by atoms with Crippen LogP contribution >= 0.6 is 0 Å². The predicted octanol–water partition coefficient (Wildman–Crippen LogP) is 5.74. The van der Waals surface area contributed by atoms with E-state index in [1.165, 1.54) is 55.0 Å². The van der Waals surface area contributed by atoms with Gasteiger partial charge in [-0.25, -0.2) is 0 Å². The first kappa shape index (κ1) is 22.6. The van der Waals surface area contributed by atoms with E-state index in [-0.39, 0.29) is 11.9 Å². The summed E-state index contributed by atoms with van der Waals surface area (Å²) < 4.78 is 20.1. The number of aromatic nitrogens is 1. The van der Waals surface area contributed by atoms with Gasteiger partial charge in [0.1, 0.15) is 5.75 Å². The predicted molar refractivity (Wildman–Crippen MR) is 126 cm³/mol. The van der Waals surface area contributed by atoms with E-state index in [1.807, 2.05) is 0 Å². The van der Waals surface area contributed by atoms with Crippen molar-refractivity contribution in [2.24, 2.45) is 0 Å². The highest BCUT2D eigenvalue weighted by molar-refractivity contribution is 5.85. The van der Waals surface area contributed by atoms with Crippen molar-refractivity contribution in [2.45, 2.75) is 90.2 Å². The maximum Gasteiger partial charge on any atom is 0.171 e. The summed E-state index contributed by atoms with van der Waals surface area (Å²) in [6.45, 7) is 9.22. The van der Waals surface area contributed by atoms with Crippen molar-refractivity contribution in [1.29, 1.82) is 0 Å². The van der Waals surface area contributed by atoms with E-state index in [0.29, 0.717) is 0 Å². The van der Waals surface area contributed by atoms with Gasteiger partial charge in [-0.15, -0.1) is 0 Å². The van der Waals surface area contributed by atoms with Crippen molar-refractivity contribution in [2.75, 3.05) is 26.8 Å². The zero-order chi connectivity index (χ0) is 21.7. The fourth-order valence-electron chi connectivity index (χ4n) is 5.11. The zero-order valence-electron chi connectivity index (χ0n) is 19.7. The van der Waals surface area contributed by atoms with Crippen LogP contribution in [0.3, 0.4) is 0 Å². The SMILES string of the molecule is CCCCCCCCn1cc(CN2CCC3(CC2)OC[C@@H](C)O3)c2ccc(OC)cc21. The molecule has 0 saturated carbocycles. The van der Waals surface area contributed by atoms with Gasteiger partial charge in [-0.05, 0) is 31.0 Å². The number of rotatable bonds is 10. The van der Waals surface area contributed by atoms with Crippen LogP contribution in [-0.4, -0.2) is 48.2 Å². The van der Waals surface area contributed by atoms with Gasteiger partial charge in [0.2, 0.25) is 0 Å². The van der Waals surface area contributed by atoms with Crippen LogP contribution in [0.25, 0.3) is 10.9 Å². The fourth-order valence-corrected chi connectivity index (χ4v) is 5.11. The first-order valence-corrected chi connectivity index (χ1v) is 12.3. The summed E-state index contributed by atoms with van der Waals surface area (Å²) in [6, 6.07) is 6.52. The van der Waals surface area contributed by atoms with Crippen LogP contribution in [0.2, 0.25) is 0 Å². The van der Waals surface area contributed by atoms with Crippen LogP contribution in [0.1, 0.15) is 70.8 Å². The van der Waals surface area contributed by atoms with Gasteiger partial charge in [0, 0.05) is 56.7 Å². The molecular weight excluding hydrogens is 388 g/mol. The highest BCUT2D eigenvalue weighted by Gasteiger charge is 2.42. The molecule has 2 aliphatic rings. The van der Waals surface area contributed by atoms with Gasteiger partial charge < -0.3 is 18.8 Å². The number of nitrogens with zero attached hydrogens (tertiary/aromatic N) is 2. The van der Waals surface area contributed by atoms with Crippen LogP contribution < -0.4 is 4.74 Å². The lowest BCUT2D eigenvalue weighted by atomic mass is 10.0. The summed E-state index contributed by atoms with van der Waals surface area (Å²) in [5.41, 5.74) is 2.72. The molecule has 2 fully saturated rings. The third-order valence-corrected chi connectivity index (χ3v) is 6.93. The van der Waals surface area contributed by atoms with Crippen LogP contribution in [0, 0.1) is 0 Å². The molecule has 0 radical (unpaired) electrons. The number of ether oxygens (including phenoxy) is 3. The van der Waals surface area contributed by atoms with Crippen molar-refractivity contribution in [1.82, 2.24) is 9.47 Å². The molecule has 0 N–H and O–H groups in total. The summed E-state index contributed by atoms with van der Waals surface area (Å²) >= 11 is 0. The van der Waals surface area contributed by atoms with Crippen LogP contribution in [0.15, 0.2) is 24.4 Å². The van der Waals surface area contributed by atoms with E-state index in [0.717, 1.165) is 51.4 Å². The molecule has 0 aliphatic carbocycles. The minimum atomic E-state index is -0.324. The first-order valence-electron chi connectivity index (χ1n) is 12.3. The molecule has 3 heterocycles. The van der Waals surface area contributed by atoms with Gasteiger partial charge in [-0.3, -0.25) is 4.90 Å². The third kappa shape index (κ3) is 5.44. The molecule has 0 unspecified atom stereocenters. The maximum absolute atomic E-state index is 6.10. The summed E-state index contributed by atoms with van der Waals surface area (Å²) in [4.78, 5) is 2.55. The summed E-state index contributed by atoms with van der Waals surface area (Å²) in [5, 5.41) is 1.36. The topological polar surface area (TPSA) is 35.9 Å². The van der Waals surface area contributed by atoms with Gasteiger partial charge >= 0.3 is 0 Å². The quantitative estimate of drug-likeness (QED) is 0.452. The highest BCUT2D eigenvalue weighted by Crippen LogP contribution is 2.35. The number of hydrogen-bond acceptors (Lipinski definition) is 4. The van der Waals surface area contributed by atoms with Crippen LogP contribution in [0.5, 0.6) is 5.75 Å². The molecule has 0 bridgehead atoms. The van der Waals surface area contributed by atoms with Gasteiger partial charge in [0.25, 0.3) is 0 Å². The molecule has 1 spiro atoms. The van der Waals surface area contributed by atoms with E-state index in [2.05, 4.69) is 47.7 Å². The molecule has 1 aromatic carbocycles. The first-order chi connectivity index (χ1) is 15.1. The molecule has 1 atom stereocenters. The maximum atomic E-state index is 6.10.